The molecule has 0 spiro atoms. The van der Waals surface area contributed by atoms with Gasteiger partial charge in [0, 0.05) is 28.7 Å². The molecule has 160 valence electrons. The van der Waals surface area contributed by atoms with E-state index < -0.39 is 10.3 Å². The molecule has 0 aliphatic heterocycles. The predicted molar refractivity (Wildman–Crippen MR) is 118 cm³/mol. The molecule has 0 aliphatic rings. The maximum Gasteiger partial charge on any atom is 0.291 e. The molecule has 30 heavy (non-hydrogen) atoms. The third kappa shape index (κ3) is 7.86. The minimum Gasteiger partial charge on any atom is -0.330 e. The van der Waals surface area contributed by atoms with Gasteiger partial charge in [-0.25, -0.2) is 4.98 Å². The van der Waals surface area contributed by atoms with Gasteiger partial charge in [0.1, 0.15) is 5.94 Å². The van der Waals surface area contributed by atoms with Gasteiger partial charge < -0.3 is 9.94 Å². The number of benzene rings is 2. The average Bonchev–Trinajstić information content (AvgIpc) is 3.22. The molecule has 0 bridgehead atoms. The Morgan fingerprint density at radius 1 is 1.17 bits per heavy atom. The van der Waals surface area contributed by atoms with E-state index in [1.165, 1.54) is 11.8 Å². The van der Waals surface area contributed by atoms with Crippen molar-refractivity contribution in [3.05, 3.63) is 91.9 Å². The number of nitrogens with zero attached hydrogens (tertiary/aromatic N) is 3. The van der Waals surface area contributed by atoms with Crippen molar-refractivity contribution in [3.8, 4) is 0 Å². The largest absolute Gasteiger partial charge is 0.330 e. The van der Waals surface area contributed by atoms with E-state index in [1.54, 1.807) is 35.4 Å². The van der Waals surface area contributed by atoms with Crippen molar-refractivity contribution in [2.45, 2.75) is 16.5 Å². The van der Waals surface area contributed by atoms with Crippen LogP contribution in [0.1, 0.15) is 5.56 Å². The summed E-state index contributed by atoms with van der Waals surface area (Å²) >= 11 is 26.2. The van der Waals surface area contributed by atoms with Gasteiger partial charge >= 0.3 is 0 Å². The number of ether oxygens (including phenoxy) is 1. The summed E-state index contributed by atoms with van der Waals surface area (Å²) in [7, 11) is 0. The molecule has 0 saturated carbocycles. The molecule has 0 saturated heterocycles. The SMILES string of the molecule is Clc1ccc(CC(Cl)(OCSc2ccc(Cl)c(Cl)c2)n2ccnc2)cc1.O=[N+]([O-])O. The molecule has 1 N–H and O–H groups in total. The van der Waals surface area contributed by atoms with Crippen LogP contribution in [0.4, 0.5) is 0 Å². The summed E-state index contributed by atoms with van der Waals surface area (Å²) in [6.07, 6.45) is 5.51. The minimum atomic E-state index is -1.50. The first kappa shape index (κ1) is 24.6. The van der Waals surface area contributed by atoms with Gasteiger partial charge in [0.15, 0.2) is 0 Å². The maximum atomic E-state index is 8.36. The molecule has 0 fully saturated rings. The van der Waals surface area contributed by atoms with Crippen LogP contribution in [0.5, 0.6) is 0 Å². The molecule has 0 aliphatic carbocycles. The molecule has 1 heterocycles. The first-order valence-electron chi connectivity index (χ1n) is 8.16. The van der Waals surface area contributed by atoms with Crippen LogP contribution in [-0.2, 0) is 16.3 Å². The second-order valence-corrected chi connectivity index (χ2v) is 8.52. The Labute approximate surface area is 196 Å². The van der Waals surface area contributed by atoms with E-state index in [0.29, 0.717) is 27.4 Å². The molecule has 1 unspecified atom stereocenters. The summed E-state index contributed by atoms with van der Waals surface area (Å²) in [6.45, 7) is 0. The summed E-state index contributed by atoms with van der Waals surface area (Å²) < 4.78 is 7.76. The Balaban J connectivity index is 0.000000735. The quantitative estimate of drug-likeness (QED) is 0.131. The monoisotopic (exact) mass is 509 g/mol. The highest BCUT2D eigenvalue weighted by atomic mass is 35.5. The van der Waals surface area contributed by atoms with Gasteiger partial charge in [0.2, 0.25) is 5.18 Å². The van der Waals surface area contributed by atoms with Gasteiger partial charge in [-0.1, -0.05) is 70.3 Å². The van der Waals surface area contributed by atoms with Gasteiger partial charge in [0.05, 0.1) is 16.4 Å². The molecule has 1 aromatic heterocycles. The van der Waals surface area contributed by atoms with Crippen molar-refractivity contribution in [1.82, 2.24) is 9.55 Å². The van der Waals surface area contributed by atoms with Crippen molar-refractivity contribution in [3.63, 3.8) is 0 Å². The van der Waals surface area contributed by atoms with Crippen molar-refractivity contribution >= 4 is 58.2 Å². The number of hydrogen-bond donors (Lipinski definition) is 1. The second-order valence-electron chi connectivity index (χ2n) is 5.68. The van der Waals surface area contributed by atoms with Gasteiger partial charge in [-0.3, -0.25) is 4.57 Å². The van der Waals surface area contributed by atoms with E-state index in [1.807, 2.05) is 30.3 Å². The van der Waals surface area contributed by atoms with Crippen LogP contribution in [0.15, 0.2) is 66.1 Å². The number of thioether (sulfide) groups is 1. The van der Waals surface area contributed by atoms with Crippen LogP contribution in [0.3, 0.4) is 0 Å². The van der Waals surface area contributed by atoms with Crippen LogP contribution >= 0.6 is 58.2 Å². The predicted octanol–water partition coefficient (Wildman–Crippen LogP) is 6.35. The van der Waals surface area contributed by atoms with E-state index in [4.69, 9.17) is 66.5 Å². The molecule has 3 rings (SSSR count). The summed E-state index contributed by atoms with van der Waals surface area (Å²) in [6, 6.07) is 12.9. The molecule has 0 radical (unpaired) electrons. The molecule has 7 nitrogen and oxygen atoms in total. The molecule has 2 aromatic carbocycles. The zero-order valence-electron chi connectivity index (χ0n) is 15.1. The van der Waals surface area contributed by atoms with Crippen molar-refractivity contribution in [2.24, 2.45) is 0 Å². The molecular weight excluding hydrogens is 496 g/mol. The fourth-order valence-corrected chi connectivity index (χ4v) is 3.90. The number of alkyl halides is 1. The van der Waals surface area contributed by atoms with Crippen LogP contribution in [0.2, 0.25) is 15.1 Å². The Hall–Kier alpha value is -1.68. The molecular formula is C18H15Cl4N3O4S. The second kappa shape index (κ2) is 11.6. The van der Waals surface area contributed by atoms with E-state index in [0.717, 1.165) is 10.5 Å². The van der Waals surface area contributed by atoms with Crippen LogP contribution in [-0.4, -0.2) is 25.8 Å². The van der Waals surface area contributed by atoms with Gasteiger partial charge in [0.25, 0.3) is 5.09 Å². The van der Waals surface area contributed by atoms with E-state index in [-0.39, 0.29) is 0 Å². The number of hydrogen-bond acceptors (Lipinski definition) is 5. The number of aromatic nitrogens is 2. The van der Waals surface area contributed by atoms with Crippen molar-refractivity contribution < 1.29 is 15.0 Å². The van der Waals surface area contributed by atoms with Crippen LogP contribution in [0.25, 0.3) is 0 Å². The third-order valence-electron chi connectivity index (χ3n) is 3.62. The highest BCUT2D eigenvalue weighted by Crippen LogP contribution is 2.33. The zero-order valence-corrected chi connectivity index (χ0v) is 19.0. The number of imidazole rings is 1. The Morgan fingerprint density at radius 3 is 2.40 bits per heavy atom. The Kier molecular flexibility index (Phi) is 9.54. The van der Waals surface area contributed by atoms with Gasteiger partial charge in [-0.05, 0) is 35.9 Å². The molecule has 1 atom stereocenters. The Morgan fingerprint density at radius 2 is 1.83 bits per heavy atom. The highest BCUT2D eigenvalue weighted by molar-refractivity contribution is 7.99. The smallest absolute Gasteiger partial charge is 0.291 e. The third-order valence-corrected chi connectivity index (χ3v) is 5.87. The fraction of sp³-hybridized carbons (Fsp3) is 0.167. The van der Waals surface area contributed by atoms with Crippen molar-refractivity contribution in [2.75, 3.05) is 5.94 Å². The van der Waals surface area contributed by atoms with Crippen LogP contribution < -0.4 is 0 Å². The minimum absolute atomic E-state index is 0.327. The first-order valence-corrected chi connectivity index (χ1v) is 10.7. The molecule has 12 heteroatoms. The van der Waals surface area contributed by atoms with E-state index in [2.05, 4.69) is 4.98 Å². The number of halogens is 4. The van der Waals surface area contributed by atoms with Crippen LogP contribution in [0, 0.1) is 10.1 Å². The number of rotatable bonds is 7. The zero-order chi connectivity index (χ0) is 22.1. The lowest BCUT2D eigenvalue weighted by atomic mass is 10.1. The highest BCUT2D eigenvalue weighted by Gasteiger charge is 2.30. The summed E-state index contributed by atoms with van der Waals surface area (Å²) in [5.74, 6) is 0.327. The lowest BCUT2D eigenvalue weighted by Crippen LogP contribution is -2.32. The molecule has 3 aromatic rings. The Bertz CT molecular complexity index is 957. The van der Waals surface area contributed by atoms with Gasteiger partial charge in [-0.15, -0.1) is 10.1 Å². The average molecular weight is 511 g/mol. The molecule has 0 amide bonds. The first-order chi connectivity index (χ1) is 14.2. The summed E-state index contributed by atoms with van der Waals surface area (Å²) in [4.78, 5) is 13.4. The maximum absolute atomic E-state index is 8.36. The topological polar surface area (TPSA) is 90.4 Å². The standard InChI is InChI=1S/C18H14Cl4N2OS.HNO3/c19-14-3-1-13(2-4-14)10-18(22,24-8-7-23-11-24)25-12-26-15-5-6-16(20)17(21)9-15;2-1(3)4/h1-9,11H,10,12H2;(H,2,3,4). The summed E-state index contributed by atoms with van der Waals surface area (Å²) in [5, 5.41) is 14.2. The summed E-state index contributed by atoms with van der Waals surface area (Å²) in [5.41, 5.74) is 0.998. The van der Waals surface area contributed by atoms with E-state index in [9.17, 15) is 0 Å². The van der Waals surface area contributed by atoms with E-state index >= 15 is 0 Å². The fourth-order valence-electron chi connectivity index (χ4n) is 2.28. The lowest BCUT2D eigenvalue weighted by molar-refractivity contribution is -0.742. The lowest BCUT2D eigenvalue weighted by Gasteiger charge is -2.28. The normalized spacial score (nSPS) is 12.5. The van der Waals surface area contributed by atoms with Gasteiger partial charge in [-0.2, -0.15) is 0 Å². The van der Waals surface area contributed by atoms with Crippen molar-refractivity contribution in [1.29, 1.82) is 0 Å².